The highest BCUT2D eigenvalue weighted by atomic mass is 16.5. The SMILES string of the molecule is O=C(COc1ccc2ccccc2c1)N/N=C/C1CC2CCC1C2. The van der Waals surface area contributed by atoms with Crippen LogP contribution < -0.4 is 10.2 Å². The summed E-state index contributed by atoms with van der Waals surface area (Å²) in [5.74, 6) is 2.69. The zero-order valence-corrected chi connectivity index (χ0v) is 13.7. The van der Waals surface area contributed by atoms with Gasteiger partial charge in [-0.15, -0.1) is 0 Å². The van der Waals surface area contributed by atoms with E-state index in [1.54, 1.807) is 0 Å². The minimum atomic E-state index is -0.220. The fourth-order valence-electron chi connectivity index (χ4n) is 4.12. The molecule has 0 heterocycles. The lowest BCUT2D eigenvalue weighted by molar-refractivity contribution is -0.123. The molecule has 1 amide bonds. The first-order valence-electron chi connectivity index (χ1n) is 8.71. The van der Waals surface area contributed by atoms with Gasteiger partial charge in [0.05, 0.1) is 0 Å². The normalized spacial score (nSPS) is 25.4. The minimum Gasteiger partial charge on any atom is -0.484 e. The number of benzene rings is 2. The van der Waals surface area contributed by atoms with Gasteiger partial charge in [0.15, 0.2) is 6.61 Å². The van der Waals surface area contributed by atoms with Gasteiger partial charge in [-0.1, -0.05) is 36.8 Å². The van der Waals surface area contributed by atoms with Gasteiger partial charge in [0.25, 0.3) is 5.91 Å². The number of carbonyl (C=O) groups is 1. The zero-order valence-electron chi connectivity index (χ0n) is 13.7. The van der Waals surface area contributed by atoms with Crippen molar-refractivity contribution in [3.05, 3.63) is 42.5 Å². The van der Waals surface area contributed by atoms with E-state index in [4.69, 9.17) is 4.74 Å². The van der Waals surface area contributed by atoms with Crippen molar-refractivity contribution in [2.45, 2.75) is 25.7 Å². The van der Waals surface area contributed by atoms with Gasteiger partial charge in [0, 0.05) is 6.21 Å². The monoisotopic (exact) mass is 322 g/mol. The van der Waals surface area contributed by atoms with Gasteiger partial charge in [-0.05, 0) is 59.9 Å². The molecule has 0 aliphatic heterocycles. The van der Waals surface area contributed by atoms with Crippen molar-refractivity contribution in [1.82, 2.24) is 5.43 Å². The summed E-state index contributed by atoms with van der Waals surface area (Å²) in [6.07, 6.45) is 7.20. The van der Waals surface area contributed by atoms with Gasteiger partial charge in [0.1, 0.15) is 5.75 Å². The topological polar surface area (TPSA) is 50.7 Å². The first-order valence-corrected chi connectivity index (χ1v) is 8.71. The quantitative estimate of drug-likeness (QED) is 0.673. The third kappa shape index (κ3) is 3.28. The average Bonchev–Trinajstić information content (AvgIpc) is 3.23. The Morgan fingerprint density at radius 1 is 1.17 bits per heavy atom. The van der Waals surface area contributed by atoms with Crippen molar-refractivity contribution in [3.8, 4) is 5.75 Å². The van der Waals surface area contributed by atoms with Crippen molar-refractivity contribution in [2.24, 2.45) is 22.9 Å². The van der Waals surface area contributed by atoms with E-state index >= 15 is 0 Å². The molecule has 2 bridgehead atoms. The molecule has 3 atom stereocenters. The van der Waals surface area contributed by atoms with Gasteiger partial charge in [0.2, 0.25) is 0 Å². The molecule has 4 heteroatoms. The molecule has 124 valence electrons. The Kier molecular flexibility index (Phi) is 4.20. The standard InChI is InChI=1S/C20H22N2O2/c23-20(22-21-12-18-10-14-5-6-17(18)9-14)13-24-19-8-7-15-3-1-2-4-16(15)11-19/h1-4,7-8,11-12,14,17-18H,5-6,9-10,13H2,(H,22,23)/b21-12+. The average molecular weight is 322 g/mol. The van der Waals surface area contributed by atoms with E-state index in [0.717, 1.165) is 22.6 Å². The van der Waals surface area contributed by atoms with E-state index in [1.165, 1.54) is 25.7 Å². The number of nitrogens with zero attached hydrogens (tertiary/aromatic N) is 1. The molecule has 0 saturated heterocycles. The van der Waals surface area contributed by atoms with Gasteiger partial charge in [-0.3, -0.25) is 4.79 Å². The third-order valence-electron chi connectivity index (χ3n) is 5.34. The van der Waals surface area contributed by atoms with Crippen molar-refractivity contribution < 1.29 is 9.53 Å². The number of fused-ring (bicyclic) bond motifs is 3. The van der Waals surface area contributed by atoms with Crippen LogP contribution in [0.3, 0.4) is 0 Å². The molecule has 3 unspecified atom stereocenters. The summed E-state index contributed by atoms with van der Waals surface area (Å²) in [5, 5.41) is 6.39. The number of amides is 1. The Balaban J connectivity index is 1.26. The third-order valence-corrected chi connectivity index (χ3v) is 5.34. The van der Waals surface area contributed by atoms with Crippen LogP contribution in [0.1, 0.15) is 25.7 Å². The Hall–Kier alpha value is -2.36. The summed E-state index contributed by atoms with van der Waals surface area (Å²) in [6, 6.07) is 13.9. The smallest absolute Gasteiger partial charge is 0.277 e. The van der Waals surface area contributed by atoms with Crippen LogP contribution in [0.4, 0.5) is 0 Å². The van der Waals surface area contributed by atoms with Crippen LogP contribution in [0, 0.1) is 17.8 Å². The van der Waals surface area contributed by atoms with Crippen molar-refractivity contribution >= 4 is 22.9 Å². The van der Waals surface area contributed by atoms with Crippen LogP contribution in [0.5, 0.6) is 5.75 Å². The number of ether oxygens (including phenoxy) is 1. The first kappa shape index (κ1) is 15.2. The minimum absolute atomic E-state index is 0.0214. The molecule has 2 aliphatic rings. The molecule has 0 aromatic heterocycles. The fourth-order valence-corrected chi connectivity index (χ4v) is 4.12. The molecule has 1 N–H and O–H groups in total. The van der Waals surface area contributed by atoms with Gasteiger partial charge in [-0.2, -0.15) is 5.10 Å². The number of nitrogens with one attached hydrogen (secondary N) is 1. The first-order chi connectivity index (χ1) is 11.8. The molecule has 2 fully saturated rings. The summed E-state index contributed by atoms with van der Waals surface area (Å²) in [5.41, 5.74) is 2.58. The van der Waals surface area contributed by atoms with E-state index in [1.807, 2.05) is 42.6 Å². The predicted octanol–water partition coefficient (Wildman–Crippen LogP) is 3.76. The van der Waals surface area contributed by atoms with E-state index in [9.17, 15) is 4.79 Å². The Labute approximate surface area is 141 Å². The molecule has 24 heavy (non-hydrogen) atoms. The van der Waals surface area contributed by atoms with Gasteiger partial charge < -0.3 is 4.74 Å². The molecule has 2 saturated carbocycles. The second-order valence-electron chi connectivity index (χ2n) is 6.95. The summed E-state index contributed by atoms with van der Waals surface area (Å²) >= 11 is 0. The Bertz CT molecular complexity index is 771. The van der Waals surface area contributed by atoms with Crippen LogP contribution in [0.15, 0.2) is 47.6 Å². The van der Waals surface area contributed by atoms with Crippen LogP contribution in [-0.2, 0) is 4.79 Å². The lowest BCUT2D eigenvalue weighted by Gasteiger charge is -2.16. The predicted molar refractivity (Wildman–Crippen MR) is 95.0 cm³/mol. The Morgan fingerprint density at radius 2 is 2.04 bits per heavy atom. The molecule has 2 aromatic rings. The highest BCUT2D eigenvalue weighted by Crippen LogP contribution is 2.47. The zero-order chi connectivity index (χ0) is 16.4. The molecule has 0 radical (unpaired) electrons. The maximum Gasteiger partial charge on any atom is 0.277 e. The lowest BCUT2D eigenvalue weighted by atomic mass is 9.90. The highest BCUT2D eigenvalue weighted by molar-refractivity contribution is 5.84. The van der Waals surface area contributed by atoms with Gasteiger partial charge in [-0.25, -0.2) is 5.43 Å². The van der Waals surface area contributed by atoms with Crippen molar-refractivity contribution in [1.29, 1.82) is 0 Å². The number of hydrogen-bond acceptors (Lipinski definition) is 3. The highest BCUT2D eigenvalue weighted by Gasteiger charge is 2.38. The molecule has 4 nitrogen and oxygen atoms in total. The molecule has 4 rings (SSSR count). The van der Waals surface area contributed by atoms with E-state index in [-0.39, 0.29) is 12.5 Å². The van der Waals surface area contributed by atoms with Crippen LogP contribution in [-0.4, -0.2) is 18.7 Å². The Morgan fingerprint density at radius 3 is 2.83 bits per heavy atom. The summed E-state index contributed by atoms with van der Waals surface area (Å²) < 4.78 is 5.56. The molecule has 0 spiro atoms. The maximum absolute atomic E-state index is 11.9. The number of hydrazone groups is 1. The van der Waals surface area contributed by atoms with E-state index < -0.39 is 0 Å². The molecular weight excluding hydrogens is 300 g/mol. The second kappa shape index (κ2) is 6.63. The van der Waals surface area contributed by atoms with Crippen LogP contribution in [0.2, 0.25) is 0 Å². The fraction of sp³-hybridized carbons (Fsp3) is 0.400. The maximum atomic E-state index is 11.9. The summed E-state index contributed by atoms with van der Waals surface area (Å²) in [6.45, 7) is -0.0214. The van der Waals surface area contributed by atoms with Gasteiger partial charge >= 0.3 is 0 Å². The number of hydrogen-bond donors (Lipinski definition) is 1. The molecule has 2 aliphatic carbocycles. The largest absolute Gasteiger partial charge is 0.484 e. The van der Waals surface area contributed by atoms with Crippen molar-refractivity contribution in [3.63, 3.8) is 0 Å². The number of rotatable bonds is 5. The summed E-state index contributed by atoms with van der Waals surface area (Å²) in [7, 11) is 0. The van der Waals surface area contributed by atoms with Crippen LogP contribution in [0.25, 0.3) is 10.8 Å². The van der Waals surface area contributed by atoms with Crippen molar-refractivity contribution in [2.75, 3.05) is 6.61 Å². The second-order valence-corrected chi connectivity index (χ2v) is 6.95. The number of carbonyl (C=O) groups excluding carboxylic acids is 1. The lowest BCUT2D eigenvalue weighted by Crippen LogP contribution is -2.25. The molecular formula is C20H22N2O2. The summed E-state index contributed by atoms with van der Waals surface area (Å²) in [4.78, 5) is 11.9. The van der Waals surface area contributed by atoms with E-state index in [2.05, 4.69) is 16.6 Å². The van der Waals surface area contributed by atoms with E-state index in [0.29, 0.717) is 11.7 Å². The van der Waals surface area contributed by atoms with Crippen LogP contribution >= 0.6 is 0 Å². The molecule has 2 aromatic carbocycles.